The third-order valence-electron chi connectivity index (χ3n) is 3.65. The van der Waals surface area contributed by atoms with Crippen LogP contribution in [-0.2, 0) is 4.74 Å². The Bertz CT molecular complexity index is 988. The molecule has 3 aromatic heterocycles. The summed E-state index contributed by atoms with van der Waals surface area (Å²) in [5, 5.41) is 1.00. The molecule has 0 N–H and O–H groups in total. The van der Waals surface area contributed by atoms with Crippen LogP contribution in [0.1, 0.15) is 20.8 Å². The number of hydrogen-bond donors (Lipinski definition) is 0. The summed E-state index contributed by atoms with van der Waals surface area (Å²) in [5.74, 6) is 0.516. The number of fused-ring (bicyclic) bond motifs is 1. The Morgan fingerprint density at radius 1 is 1.07 bits per heavy atom. The van der Waals surface area contributed by atoms with Crippen molar-refractivity contribution >= 4 is 28.6 Å². The molecule has 0 radical (unpaired) electrons. The minimum atomic E-state index is -0.688. The van der Waals surface area contributed by atoms with Crippen molar-refractivity contribution in [2.75, 3.05) is 14.2 Å². The van der Waals surface area contributed by atoms with Gasteiger partial charge in [-0.2, -0.15) is 0 Å². The van der Waals surface area contributed by atoms with Crippen LogP contribution >= 0.6 is 11.6 Å². The van der Waals surface area contributed by atoms with Crippen LogP contribution in [0, 0.1) is 0 Å². The van der Waals surface area contributed by atoms with Gasteiger partial charge < -0.3 is 14.2 Å². The molecule has 3 rings (SSSR count). The van der Waals surface area contributed by atoms with Crippen LogP contribution in [0.5, 0.6) is 11.8 Å². The molecule has 3 aromatic rings. The molecule has 9 heteroatoms. The quantitative estimate of drug-likeness (QED) is 0.625. The summed E-state index contributed by atoms with van der Waals surface area (Å²) in [7, 11) is 2.95. The fourth-order valence-corrected chi connectivity index (χ4v) is 2.82. The van der Waals surface area contributed by atoms with Crippen LogP contribution in [0.15, 0.2) is 24.7 Å². The minimum Gasteiger partial charge on any atom is -0.480 e. The van der Waals surface area contributed by atoms with Crippen LogP contribution in [0.3, 0.4) is 0 Å². The van der Waals surface area contributed by atoms with E-state index in [1.807, 2.05) is 0 Å². The molecule has 0 saturated carbocycles. The van der Waals surface area contributed by atoms with Crippen LogP contribution in [0.25, 0.3) is 22.2 Å². The number of nitrogens with zero attached hydrogens (tertiary/aromatic N) is 4. The van der Waals surface area contributed by atoms with E-state index in [-0.39, 0.29) is 11.8 Å². The Morgan fingerprint density at radius 3 is 2.26 bits per heavy atom. The van der Waals surface area contributed by atoms with Crippen molar-refractivity contribution in [2.24, 2.45) is 0 Å². The molecule has 0 aromatic carbocycles. The van der Waals surface area contributed by atoms with E-state index in [1.165, 1.54) is 31.3 Å². The standard InChI is InChI=1S/C18H19ClN4O4/c1-18(2,3)27-17(24)23-11(6-10-7-13(19)20-8-12(10)23)14-15(25-4)21-9-22-16(14)26-5/h6-9H,1-5H3. The van der Waals surface area contributed by atoms with Crippen LogP contribution in [-0.4, -0.2) is 45.4 Å². The molecule has 27 heavy (non-hydrogen) atoms. The number of carbonyl (C=O) groups is 1. The first kappa shape index (κ1) is 18.9. The fraction of sp³-hybridized carbons (Fsp3) is 0.333. The van der Waals surface area contributed by atoms with Gasteiger partial charge in [0.05, 0.1) is 31.6 Å². The number of carbonyl (C=O) groups excluding carboxylic acids is 1. The average molecular weight is 391 g/mol. The first-order chi connectivity index (χ1) is 12.7. The van der Waals surface area contributed by atoms with Crippen molar-refractivity contribution in [3.8, 4) is 23.0 Å². The Morgan fingerprint density at radius 2 is 1.70 bits per heavy atom. The molecule has 0 aliphatic rings. The lowest BCUT2D eigenvalue weighted by Gasteiger charge is -2.21. The molecule has 0 aliphatic heterocycles. The highest BCUT2D eigenvalue weighted by Crippen LogP contribution is 2.38. The van der Waals surface area contributed by atoms with Crippen molar-refractivity contribution in [2.45, 2.75) is 26.4 Å². The number of methoxy groups -OCH3 is 2. The maximum Gasteiger partial charge on any atom is 0.419 e. The molecule has 142 valence electrons. The van der Waals surface area contributed by atoms with E-state index < -0.39 is 11.7 Å². The zero-order chi connectivity index (χ0) is 19.8. The number of aromatic nitrogens is 4. The van der Waals surface area contributed by atoms with E-state index in [1.54, 1.807) is 32.9 Å². The molecule has 0 atom stereocenters. The third-order valence-corrected chi connectivity index (χ3v) is 3.86. The molecule has 0 spiro atoms. The highest BCUT2D eigenvalue weighted by Gasteiger charge is 2.27. The van der Waals surface area contributed by atoms with Gasteiger partial charge in [0, 0.05) is 5.39 Å². The molecule has 3 heterocycles. The number of ether oxygens (including phenoxy) is 3. The predicted octanol–water partition coefficient (Wildman–Crippen LogP) is 3.95. The average Bonchev–Trinajstić information content (AvgIpc) is 2.97. The first-order valence-corrected chi connectivity index (χ1v) is 8.46. The van der Waals surface area contributed by atoms with Crippen molar-refractivity contribution in [1.29, 1.82) is 0 Å². The molecule has 0 fully saturated rings. The van der Waals surface area contributed by atoms with E-state index in [0.717, 1.165) is 0 Å². The number of halogens is 1. The molecular weight excluding hydrogens is 372 g/mol. The van der Waals surface area contributed by atoms with Gasteiger partial charge in [-0.3, -0.25) is 0 Å². The molecule has 0 saturated heterocycles. The summed E-state index contributed by atoms with van der Waals surface area (Å²) in [6.07, 6.45) is 2.25. The zero-order valence-electron chi connectivity index (χ0n) is 15.6. The summed E-state index contributed by atoms with van der Waals surface area (Å²) in [6, 6.07) is 3.42. The normalized spacial score (nSPS) is 11.5. The molecule has 0 unspecified atom stereocenters. The summed E-state index contributed by atoms with van der Waals surface area (Å²) in [5.41, 5.74) is 0.696. The minimum absolute atomic E-state index is 0.258. The molecular formula is C18H19ClN4O4. The van der Waals surface area contributed by atoms with Crippen LogP contribution in [0.4, 0.5) is 4.79 Å². The summed E-state index contributed by atoms with van der Waals surface area (Å²) < 4.78 is 17.7. The van der Waals surface area contributed by atoms with Crippen LogP contribution < -0.4 is 9.47 Å². The monoisotopic (exact) mass is 390 g/mol. The lowest BCUT2D eigenvalue weighted by molar-refractivity contribution is 0.0547. The van der Waals surface area contributed by atoms with Gasteiger partial charge in [0.2, 0.25) is 11.8 Å². The second kappa shape index (κ2) is 7.03. The molecule has 0 aliphatic carbocycles. The van der Waals surface area contributed by atoms with E-state index >= 15 is 0 Å². The molecule has 8 nitrogen and oxygen atoms in total. The van der Waals surface area contributed by atoms with Gasteiger partial charge >= 0.3 is 6.09 Å². The van der Waals surface area contributed by atoms with E-state index in [0.29, 0.717) is 27.3 Å². The zero-order valence-corrected chi connectivity index (χ0v) is 16.4. The van der Waals surface area contributed by atoms with Crippen molar-refractivity contribution < 1.29 is 19.0 Å². The third kappa shape index (κ3) is 3.66. The largest absolute Gasteiger partial charge is 0.480 e. The van der Waals surface area contributed by atoms with E-state index in [9.17, 15) is 4.79 Å². The second-order valence-corrected chi connectivity index (χ2v) is 7.07. The van der Waals surface area contributed by atoms with Gasteiger partial charge in [-0.05, 0) is 32.9 Å². The summed E-state index contributed by atoms with van der Waals surface area (Å²) in [4.78, 5) is 25.3. The van der Waals surface area contributed by atoms with Gasteiger partial charge in [-0.15, -0.1) is 0 Å². The maximum absolute atomic E-state index is 13.0. The van der Waals surface area contributed by atoms with Gasteiger partial charge in [0.15, 0.2) is 0 Å². The fourth-order valence-electron chi connectivity index (χ4n) is 2.65. The highest BCUT2D eigenvalue weighted by molar-refractivity contribution is 6.30. The van der Waals surface area contributed by atoms with Gasteiger partial charge in [0.1, 0.15) is 22.6 Å². The van der Waals surface area contributed by atoms with Gasteiger partial charge in [-0.1, -0.05) is 11.6 Å². The highest BCUT2D eigenvalue weighted by atomic mass is 35.5. The SMILES string of the molecule is COc1ncnc(OC)c1-c1cc2cc(Cl)ncc2n1C(=O)OC(C)(C)C. The van der Waals surface area contributed by atoms with E-state index in [4.69, 9.17) is 25.8 Å². The number of hydrogen-bond acceptors (Lipinski definition) is 7. The lowest BCUT2D eigenvalue weighted by atomic mass is 10.2. The van der Waals surface area contributed by atoms with Crippen LogP contribution in [0.2, 0.25) is 5.15 Å². The Labute approximate surface area is 161 Å². The summed E-state index contributed by atoms with van der Waals surface area (Å²) in [6.45, 7) is 5.37. The van der Waals surface area contributed by atoms with E-state index in [2.05, 4.69) is 15.0 Å². The summed E-state index contributed by atoms with van der Waals surface area (Å²) >= 11 is 6.02. The van der Waals surface area contributed by atoms with Crippen molar-refractivity contribution in [1.82, 2.24) is 19.5 Å². The molecule has 0 amide bonds. The Balaban J connectivity index is 2.34. The van der Waals surface area contributed by atoms with Gasteiger partial charge in [0.25, 0.3) is 0 Å². The topological polar surface area (TPSA) is 88.4 Å². The maximum atomic E-state index is 13.0. The van der Waals surface area contributed by atoms with Gasteiger partial charge in [-0.25, -0.2) is 24.3 Å². The van der Waals surface area contributed by atoms with Crippen molar-refractivity contribution in [3.05, 3.63) is 29.8 Å². The lowest BCUT2D eigenvalue weighted by Crippen LogP contribution is -2.27. The number of rotatable bonds is 3. The second-order valence-electron chi connectivity index (χ2n) is 6.68. The molecule has 0 bridgehead atoms. The predicted molar refractivity (Wildman–Crippen MR) is 101 cm³/mol. The Hall–Kier alpha value is -2.87. The first-order valence-electron chi connectivity index (χ1n) is 8.09. The van der Waals surface area contributed by atoms with Crippen molar-refractivity contribution in [3.63, 3.8) is 0 Å². The Kier molecular flexibility index (Phi) is 4.93. The smallest absolute Gasteiger partial charge is 0.419 e. The number of pyridine rings is 1.